The SMILES string of the molecule is Cc1ccc(CC(=O)N(C)N2CCS(=O)(=O)CC2)cc1. The van der Waals surface area contributed by atoms with E-state index < -0.39 is 9.84 Å². The van der Waals surface area contributed by atoms with Crippen molar-refractivity contribution >= 4 is 15.7 Å². The smallest absolute Gasteiger partial charge is 0.241 e. The number of benzene rings is 1. The van der Waals surface area contributed by atoms with Crippen molar-refractivity contribution in [2.75, 3.05) is 31.6 Å². The summed E-state index contributed by atoms with van der Waals surface area (Å²) in [6.07, 6.45) is 0.333. The molecule has 0 spiro atoms. The summed E-state index contributed by atoms with van der Waals surface area (Å²) in [5.41, 5.74) is 2.13. The fourth-order valence-corrected chi connectivity index (χ4v) is 3.34. The number of hydrazine groups is 1. The molecule has 20 heavy (non-hydrogen) atoms. The molecule has 5 nitrogen and oxygen atoms in total. The molecule has 1 amide bonds. The molecule has 0 radical (unpaired) electrons. The summed E-state index contributed by atoms with van der Waals surface area (Å²) in [5.74, 6) is 0.220. The fourth-order valence-electron chi connectivity index (χ4n) is 2.16. The van der Waals surface area contributed by atoms with Gasteiger partial charge in [-0.3, -0.25) is 9.80 Å². The van der Waals surface area contributed by atoms with Crippen LogP contribution in [0.3, 0.4) is 0 Å². The Morgan fingerprint density at radius 2 is 1.75 bits per heavy atom. The second-order valence-electron chi connectivity index (χ2n) is 5.19. The van der Waals surface area contributed by atoms with Crippen molar-refractivity contribution in [2.45, 2.75) is 13.3 Å². The predicted molar refractivity (Wildman–Crippen MR) is 77.9 cm³/mol. The maximum absolute atomic E-state index is 12.2. The summed E-state index contributed by atoms with van der Waals surface area (Å²) in [4.78, 5) is 12.2. The lowest BCUT2D eigenvalue weighted by molar-refractivity contribution is -0.144. The number of likely N-dealkylation sites (N-methyl/N-ethyl adjacent to an activating group) is 1. The zero-order valence-corrected chi connectivity index (χ0v) is 12.7. The molecule has 0 saturated carbocycles. The first-order valence-corrected chi connectivity index (χ1v) is 8.47. The van der Waals surface area contributed by atoms with Crippen molar-refractivity contribution in [1.29, 1.82) is 0 Å². The van der Waals surface area contributed by atoms with Crippen LogP contribution in [0.2, 0.25) is 0 Å². The van der Waals surface area contributed by atoms with E-state index in [-0.39, 0.29) is 17.4 Å². The van der Waals surface area contributed by atoms with Gasteiger partial charge in [0.25, 0.3) is 0 Å². The highest BCUT2D eigenvalue weighted by Gasteiger charge is 2.26. The van der Waals surface area contributed by atoms with E-state index in [9.17, 15) is 13.2 Å². The average molecular weight is 296 g/mol. The largest absolute Gasteiger partial charge is 0.278 e. The highest BCUT2D eigenvalue weighted by molar-refractivity contribution is 7.91. The van der Waals surface area contributed by atoms with Crippen molar-refractivity contribution < 1.29 is 13.2 Å². The third-order valence-electron chi connectivity index (χ3n) is 3.58. The van der Waals surface area contributed by atoms with Gasteiger partial charge in [-0.25, -0.2) is 13.4 Å². The van der Waals surface area contributed by atoms with E-state index in [1.807, 2.05) is 31.2 Å². The molecule has 0 aliphatic carbocycles. The number of rotatable bonds is 3. The summed E-state index contributed by atoms with van der Waals surface area (Å²) in [5, 5.41) is 3.35. The van der Waals surface area contributed by atoms with Crippen LogP contribution < -0.4 is 0 Å². The monoisotopic (exact) mass is 296 g/mol. The van der Waals surface area contributed by atoms with Gasteiger partial charge >= 0.3 is 0 Å². The van der Waals surface area contributed by atoms with Crippen molar-refractivity contribution in [3.8, 4) is 0 Å². The minimum absolute atomic E-state index is 0.0202. The molecular weight excluding hydrogens is 276 g/mol. The zero-order valence-electron chi connectivity index (χ0n) is 11.9. The molecule has 1 aromatic rings. The third-order valence-corrected chi connectivity index (χ3v) is 5.19. The number of aryl methyl sites for hydroxylation is 1. The van der Waals surface area contributed by atoms with Crippen molar-refractivity contribution in [2.24, 2.45) is 0 Å². The molecule has 1 heterocycles. The number of carbonyl (C=O) groups is 1. The van der Waals surface area contributed by atoms with Gasteiger partial charge in [-0.1, -0.05) is 29.8 Å². The summed E-state index contributed by atoms with van der Waals surface area (Å²) < 4.78 is 22.8. The molecule has 1 aliphatic heterocycles. The highest BCUT2D eigenvalue weighted by Crippen LogP contribution is 2.09. The molecule has 1 fully saturated rings. The lowest BCUT2D eigenvalue weighted by atomic mass is 10.1. The maximum atomic E-state index is 12.2. The van der Waals surface area contributed by atoms with Crippen LogP contribution in [-0.2, 0) is 21.1 Å². The first-order valence-electron chi connectivity index (χ1n) is 6.65. The van der Waals surface area contributed by atoms with Crippen LogP contribution in [-0.4, -0.2) is 56.0 Å². The minimum atomic E-state index is -2.92. The summed E-state index contributed by atoms with van der Waals surface area (Å²) in [6, 6.07) is 7.86. The van der Waals surface area contributed by atoms with Crippen molar-refractivity contribution in [3.63, 3.8) is 0 Å². The number of hydrogen-bond donors (Lipinski definition) is 0. The summed E-state index contributed by atoms with van der Waals surface area (Å²) in [7, 11) is -1.22. The first-order chi connectivity index (χ1) is 9.37. The molecule has 0 N–H and O–H groups in total. The fraction of sp³-hybridized carbons (Fsp3) is 0.500. The summed E-state index contributed by atoms with van der Waals surface area (Å²) >= 11 is 0. The normalized spacial score (nSPS) is 18.7. The van der Waals surface area contributed by atoms with Crippen LogP contribution in [0, 0.1) is 6.92 Å². The van der Waals surface area contributed by atoms with E-state index in [0.717, 1.165) is 11.1 Å². The van der Waals surface area contributed by atoms with Gasteiger partial charge in [0.1, 0.15) is 0 Å². The Morgan fingerprint density at radius 3 is 2.30 bits per heavy atom. The number of amides is 1. The van der Waals surface area contributed by atoms with Crippen LogP contribution >= 0.6 is 0 Å². The molecule has 2 rings (SSSR count). The van der Waals surface area contributed by atoms with Crippen LogP contribution in [0.25, 0.3) is 0 Å². The lowest BCUT2D eigenvalue weighted by Gasteiger charge is -2.34. The van der Waals surface area contributed by atoms with E-state index in [0.29, 0.717) is 19.5 Å². The molecule has 1 aliphatic rings. The average Bonchev–Trinajstić information content (AvgIpc) is 2.40. The van der Waals surface area contributed by atoms with Crippen molar-refractivity contribution in [3.05, 3.63) is 35.4 Å². The van der Waals surface area contributed by atoms with E-state index >= 15 is 0 Å². The Morgan fingerprint density at radius 1 is 1.20 bits per heavy atom. The van der Waals surface area contributed by atoms with Crippen LogP contribution in [0.15, 0.2) is 24.3 Å². The number of carbonyl (C=O) groups excluding carboxylic acids is 1. The molecular formula is C14H20N2O3S. The third kappa shape index (κ3) is 3.80. The van der Waals surface area contributed by atoms with Gasteiger partial charge in [0.05, 0.1) is 17.9 Å². The van der Waals surface area contributed by atoms with Crippen LogP contribution in [0.4, 0.5) is 0 Å². The van der Waals surface area contributed by atoms with Crippen LogP contribution in [0.5, 0.6) is 0 Å². The van der Waals surface area contributed by atoms with Crippen LogP contribution in [0.1, 0.15) is 11.1 Å². The molecule has 0 atom stereocenters. The van der Waals surface area contributed by atoms with Gasteiger partial charge in [-0.05, 0) is 12.5 Å². The Balaban J connectivity index is 1.94. The topological polar surface area (TPSA) is 57.7 Å². The van der Waals surface area contributed by atoms with E-state index in [4.69, 9.17) is 0 Å². The van der Waals surface area contributed by atoms with Gasteiger partial charge in [-0.2, -0.15) is 0 Å². The van der Waals surface area contributed by atoms with E-state index in [2.05, 4.69) is 0 Å². The standard InChI is InChI=1S/C14H20N2O3S/c1-12-3-5-13(6-4-12)11-14(17)15(2)16-7-9-20(18,19)10-8-16/h3-6H,7-11H2,1-2H3. The predicted octanol–water partition coefficient (Wildman–Crippen LogP) is 0.641. The van der Waals surface area contributed by atoms with Gasteiger partial charge in [-0.15, -0.1) is 0 Å². The number of sulfone groups is 1. The van der Waals surface area contributed by atoms with Gasteiger partial charge in [0.15, 0.2) is 9.84 Å². The molecule has 0 bridgehead atoms. The molecule has 6 heteroatoms. The Hall–Kier alpha value is -1.40. The highest BCUT2D eigenvalue weighted by atomic mass is 32.2. The van der Waals surface area contributed by atoms with E-state index in [1.54, 1.807) is 17.1 Å². The molecule has 110 valence electrons. The quantitative estimate of drug-likeness (QED) is 0.821. The molecule has 1 aromatic carbocycles. The molecule has 0 aromatic heterocycles. The minimum Gasteiger partial charge on any atom is -0.278 e. The van der Waals surface area contributed by atoms with E-state index in [1.165, 1.54) is 0 Å². The number of nitrogens with zero attached hydrogens (tertiary/aromatic N) is 2. The Labute approximate surface area is 120 Å². The second-order valence-corrected chi connectivity index (χ2v) is 7.49. The zero-order chi connectivity index (χ0) is 14.8. The second kappa shape index (κ2) is 5.93. The van der Waals surface area contributed by atoms with Gasteiger partial charge < -0.3 is 0 Å². The molecule has 0 unspecified atom stereocenters. The van der Waals surface area contributed by atoms with Gasteiger partial charge in [0, 0.05) is 20.1 Å². The Bertz CT molecular complexity index is 567. The molecule has 1 saturated heterocycles. The Kier molecular flexibility index (Phi) is 4.45. The summed E-state index contributed by atoms with van der Waals surface area (Å²) in [6.45, 7) is 2.78. The lowest BCUT2D eigenvalue weighted by Crippen LogP contribution is -2.51. The number of hydrogen-bond acceptors (Lipinski definition) is 4. The first kappa shape index (κ1) is 15.0. The van der Waals surface area contributed by atoms with Gasteiger partial charge in [0.2, 0.25) is 5.91 Å². The maximum Gasteiger partial charge on any atom is 0.241 e. The van der Waals surface area contributed by atoms with Crippen molar-refractivity contribution in [1.82, 2.24) is 10.0 Å².